The van der Waals surface area contributed by atoms with E-state index in [2.05, 4.69) is 26.6 Å². The van der Waals surface area contributed by atoms with Crippen LogP contribution in [0.3, 0.4) is 0 Å². The van der Waals surface area contributed by atoms with E-state index in [-0.39, 0.29) is 5.70 Å². The maximum atomic E-state index is 12.7. The van der Waals surface area contributed by atoms with E-state index >= 15 is 0 Å². The maximum absolute atomic E-state index is 12.7. The van der Waals surface area contributed by atoms with Crippen LogP contribution in [0.25, 0.3) is 6.08 Å². The highest BCUT2D eigenvalue weighted by molar-refractivity contribution is 9.10. The highest BCUT2D eigenvalue weighted by atomic mass is 79.9. The number of benzene rings is 2. The minimum absolute atomic E-state index is 0.0553. The second kappa shape index (κ2) is 9.65. The average Bonchev–Trinajstić information content (AvgIpc) is 3.02. The van der Waals surface area contributed by atoms with Crippen LogP contribution in [0.1, 0.15) is 18.1 Å². The molecule has 1 aliphatic rings. The van der Waals surface area contributed by atoms with Gasteiger partial charge in [-0.2, -0.15) is 0 Å². The molecule has 8 nitrogen and oxygen atoms in total. The van der Waals surface area contributed by atoms with Crippen LogP contribution in [-0.4, -0.2) is 43.5 Å². The quantitative estimate of drug-likeness (QED) is 0.459. The smallest absolute Gasteiger partial charge is 0.329 e. The fourth-order valence-corrected chi connectivity index (χ4v) is 3.57. The van der Waals surface area contributed by atoms with Gasteiger partial charge < -0.3 is 20.1 Å². The SMILES string of the molecule is CCc1ccccc1NC(=O)CN1C(=O)N/C(=C/c2cc(OC)c(OC)cc2Br)C1=O. The van der Waals surface area contributed by atoms with Gasteiger partial charge in [0.2, 0.25) is 5.91 Å². The van der Waals surface area contributed by atoms with E-state index in [4.69, 9.17) is 9.47 Å². The Bertz CT molecular complexity index is 1070. The summed E-state index contributed by atoms with van der Waals surface area (Å²) in [6.07, 6.45) is 2.25. The van der Waals surface area contributed by atoms with Crippen LogP contribution in [0.15, 0.2) is 46.6 Å². The normalized spacial score (nSPS) is 14.6. The van der Waals surface area contributed by atoms with E-state index in [1.54, 1.807) is 18.2 Å². The highest BCUT2D eigenvalue weighted by Crippen LogP contribution is 2.34. The Balaban J connectivity index is 1.77. The zero-order chi connectivity index (χ0) is 22.5. The molecule has 0 aliphatic carbocycles. The highest BCUT2D eigenvalue weighted by Gasteiger charge is 2.35. The van der Waals surface area contributed by atoms with Gasteiger partial charge in [-0.05, 0) is 41.8 Å². The van der Waals surface area contributed by atoms with E-state index in [0.29, 0.717) is 27.2 Å². The number of rotatable bonds is 7. The first kappa shape index (κ1) is 22.4. The number of ether oxygens (including phenoxy) is 2. The summed E-state index contributed by atoms with van der Waals surface area (Å²) in [6.45, 7) is 1.58. The minimum Gasteiger partial charge on any atom is -0.493 e. The first-order valence-electron chi connectivity index (χ1n) is 9.51. The lowest BCUT2D eigenvalue weighted by Crippen LogP contribution is -2.38. The summed E-state index contributed by atoms with van der Waals surface area (Å²) >= 11 is 3.42. The summed E-state index contributed by atoms with van der Waals surface area (Å²) in [5.74, 6) is -0.0623. The van der Waals surface area contributed by atoms with Crippen molar-refractivity contribution < 1.29 is 23.9 Å². The van der Waals surface area contributed by atoms with Crippen LogP contribution in [-0.2, 0) is 16.0 Å². The Kier molecular flexibility index (Phi) is 6.96. The number of carbonyl (C=O) groups excluding carboxylic acids is 3. The predicted molar refractivity (Wildman–Crippen MR) is 120 cm³/mol. The largest absolute Gasteiger partial charge is 0.493 e. The summed E-state index contributed by atoms with van der Waals surface area (Å²) in [4.78, 5) is 38.4. The summed E-state index contributed by atoms with van der Waals surface area (Å²) in [7, 11) is 3.02. The van der Waals surface area contributed by atoms with Gasteiger partial charge in [-0.1, -0.05) is 41.1 Å². The van der Waals surface area contributed by atoms with Gasteiger partial charge in [0.25, 0.3) is 5.91 Å². The number of nitrogens with zero attached hydrogens (tertiary/aromatic N) is 1. The van der Waals surface area contributed by atoms with Gasteiger partial charge in [-0.15, -0.1) is 0 Å². The monoisotopic (exact) mass is 487 g/mol. The van der Waals surface area contributed by atoms with Crippen molar-refractivity contribution in [1.82, 2.24) is 10.2 Å². The molecule has 4 amide bonds. The van der Waals surface area contributed by atoms with Gasteiger partial charge in [-0.25, -0.2) is 9.69 Å². The number of para-hydroxylation sites is 1. The fourth-order valence-electron chi connectivity index (χ4n) is 3.14. The van der Waals surface area contributed by atoms with Gasteiger partial charge in [0.15, 0.2) is 11.5 Å². The van der Waals surface area contributed by atoms with Crippen molar-refractivity contribution in [2.24, 2.45) is 0 Å². The number of urea groups is 1. The number of anilines is 1. The van der Waals surface area contributed by atoms with E-state index in [1.165, 1.54) is 20.3 Å². The molecule has 2 aromatic rings. The van der Waals surface area contributed by atoms with Crippen LogP contribution in [0, 0.1) is 0 Å². The Labute approximate surface area is 188 Å². The second-order valence-electron chi connectivity index (χ2n) is 6.67. The summed E-state index contributed by atoms with van der Waals surface area (Å²) in [5, 5.41) is 5.27. The van der Waals surface area contributed by atoms with Gasteiger partial charge in [0.05, 0.1) is 14.2 Å². The van der Waals surface area contributed by atoms with Crippen molar-refractivity contribution >= 4 is 45.5 Å². The summed E-state index contributed by atoms with van der Waals surface area (Å²) < 4.78 is 11.2. The molecule has 1 fully saturated rings. The Morgan fingerprint density at radius 1 is 1.16 bits per heavy atom. The van der Waals surface area contributed by atoms with E-state index < -0.39 is 24.4 Å². The molecule has 0 radical (unpaired) electrons. The van der Waals surface area contributed by atoms with Crippen molar-refractivity contribution in [2.75, 3.05) is 26.1 Å². The van der Waals surface area contributed by atoms with Crippen LogP contribution >= 0.6 is 15.9 Å². The maximum Gasteiger partial charge on any atom is 0.329 e. The van der Waals surface area contributed by atoms with Crippen LogP contribution in [0.2, 0.25) is 0 Å². The third-order valence-electron chi connectivity index (χ3n) is 4.74. The topological polar surface area (TPSA) is 97.0 Å². The molecular formula is C22H22BrN3O5. The number of hydrogen-bond donors (Lipinski definition) is 2. The lowest BCUT2D eigenvalue weighted by molar-refractivity contribution is -0.127. The lowest BCUT2D eigenvalue weighted by Gasteiger charge is -2.13. The molecule has 0 atom stereocenters. The van der Waals surface area contributed by atoms with E-state index in [0.717, 1.165) is 16.9 Å². The number of amides is 4. The van der Waals surface area contributed by atoms with Crippen molar-refractivity contribution in [3.05, 3.63) is 57.7 Å². The molecule has 0 saturated carbocycles. The third kappa shape index (κ3) is 4.88. The molecular weight excluding hydrogens is 466 g/mol. The first-order chi connectivity index (χ1) is 14.9. The Hall–Kier alpha value is -3.33. The minimum atomic E-state index is -0.660. The number of hydrogen-bond acceptors (Lipinski definition) is 5. The van der Waals surface area contributed by atoms with Crippen LogP contribution in [0.5, 0.6) is 11.5 Å². The predicted octanol–water partition coefficient (Wildman–Crippen LogP) is 3.56. The van der Waals surface area contributed by atoms with E-state index in [1.807, 2.05) is 25.1 Å². The second-order valence-corrected chi connectivity index (χ2v) is 7.52. The Morgan fingerprint density at radius 3 is 2.52 bits per heavy atom. The van der Waals surface area contributed by atoms with Gasteiger partial charge >= 0.3 is 6.03 Å². The number of carbonyl (C=O) groups is 3. The van der Waals surface area contributed by atoms with Crippen LogP contribution < -0.4 is 20.1 Å². The summed E-state index contributed by atoms with van der Waals surface area (Å²) in [5.41, 5.74) is 2.28. The standard InChI is InChI=1S/C22H22BrN3O5/c1-4-13-7-5-6-8-16(13)24-20(27)12-26-21(28)17(25-22(26)29)9-14-10-18(30-2)19(31-3)11-15(14)23/h5-11H,4,12H2,1-3H3,(H,24,27)(H,25,29)/b17-9+. The molecule has 1 aliphatic heterocycles. The number of methoxy groups -OCH3 is 2. The Morgan fingerprint density at radius 2 is 1.84 bits per heavy atom. The molecule has 3 rings (SSSR count). The molecule has 162 valence electrons. The molecule has 1 saturated heterocycles. The zero-order valence-corrected chi connectivity index (χ0v) is 18.9. The average molecular weight is 488 g/mol. The van der Waals surface area contributed by atoms with Crippen molar-refractivity contribution in [2.45, 2.75) is 13.3 Å². The number of nitrogens with one attached hydrogen (secondary N) is 2. The van der Waals surface area contributed by atoms with Gasteiger partial charge in [-0.3, -0.25) is 9.59 Å². The zero-order valence-electron chi connectivity index (χ0n) is 17.3. The molecule has 0 spiro atoms. The van der Waals surface area contributed by atoms with Gasteiger partial charge in [0.1, 0.15) is 12.2 Å². The van der Waals surface area contributed by atoms with Crippen molar-refractivity contribution in [1.29, 1.82) is 0 Å². The van der Waals surface area contributed by atoms with Crippen molar-refractivity contribution in [3.63, 3.8) is 0 Å². The number of halogens is 1. The fraction of sp³-hybridized carbons (Fsp3) is 0.227. The van der Waals surface area contributed by atoms with Gasteiger partial charge in [0, 0.05) is 10.2 Å². The third-order valence-corrected chi connectivity index (χ3v) is 5.43. The van der Waals surface area contributed by atoms with Crippen LogP contribution in [0.4, 0.5) is 10.5 Å². The summed E-state index contributed by atoms with van der Waals surface area (Å²) in [6, 6.07) is 10.1. The number of imide groups is 1. The lowest BCUT2D eigenvalue weighted by atomic mass is 10.1. The number of aryl methyl sites for hydroxylation is 1. The molecule has 0 bridgehead atoms. The first-order valence-corrected chi connectivity index (χ1v) is 10.3. The molecule has 0 aromatic heterocycles. The molecule has 9 heteroatoms. The molecule has 2 N–H and O–H groups in total. The molecule has 1 heterocycles. The molecule has 2 aromatic carbocycles. The van der Waals surface area contributed by atoms with E-state index in [9.17, 15) is 14.4 Å². The molecule has 31 heavy (non-hydrogen) atoms. The van der Waals surface area contributed by atoms with Crippen molar-refractivity contribution in [3.8, 4) is 11.5 Å². The molecule has 0 unspecified atom stereocenters.